The van der Waals surface area contributed by atoms with Crippen molar-refractivity contribution in [2.45, 2.75) is 71.5 Å². The Kier molecular flexibility index (Phi) is 2.43. The summed E-state index contributed by atoms with van der Waals surface area (Å²) in [5, 5.41) is 0. The molecular formula is C25H30O3. The van der Waals surface area contributed by atoms with E-state index in [1.807, 2.05) is 0 Å². The van der Waals surface area contributed by atoms with Crippen LogP contribution in [-0.2, 0) is 14.3 Å². The van der Waals surface area contributed by atoms with Crippen molar-refractivity contribution in [3.05, 3.63) is 34.6 Å². The maximum absolute atomic E-state index is 13.3. The summed E-state index contributed by atoms with van der Waals surface area (Å²) in [5.74, 6) is 2.51. The number of carbonyl (C=O) groups is 1. The van der Waals surface area contributed by atoms with Gasteiger partial charge in [-0.25, -0.2) is 4.79 Å². The van der Waals surface area contributed by atoms with Crippen LogP contribution in [0.1, 0.15) is 60.3 Å². The van der Waals surface area contributed by atoms with Crippen molar-refractivity contribution in [2.75, 3.05) is 0 Å². The molecule has 8 atom stereocenters. The zero-order valence-electron chi connectivity index (χ0n) is 17.6. The molecule has 5 aliphatic carbocycles. The van der Waals surface area contributed by atoms with E-state index in [0.717, 1.165) is 36.7 Å². The number of carbonyl (C=O) groups excluding carboxylic acids is 1. The highest BCUT2D eigenvalue weighted by Gasteiger charge is 2.85. The fourth-order valence-electron chi connectivity index (χ4n) is 9.57. The first-order valence-corrected chi connectivity index (χ1v) is 11.2. The van der Waals surface area contributed by atoms with E-state index in [-0.39, 0.29) is 28.0 Å². The quantitative estimate of drug-likeness (QED) is 0.442. The fourth-order valence-corrected chi connectivity index (χ4v) is 9.57. The van der Waals surface area contributed by atoms with Crippen LogP contribution in [0.5, 0.6) is 0 Å². The molecule has 8 unspecified atom stereocenters. The highest BCUT2D eigenvalue weighted by molar-refractivity contribution is 5.95. The number of fused-ring (bicyclic) bond motifs is 4. The van der Waals surface area contributed by atoms with Gasteiger partial charge >= 0.3 is 5.97 Å². The second kappa shape index (κ2) is 4.18. The second-order valence-corrected chi connectivity index (χ2v) is 11.6. The molecule has 2 heterocycles. The van der Waals surface area contributed by atoms with Crippen LogP contribution >= 0.6 is 0 Å². The molecule has 0 aromatic heterocycles. The number of rotatable bonds is 0. The van der Waals surface area contributed by atoms with Gasteiger partial charge in [-0.1, -0.05) is 29.7 Å². The van der Waals surface area contributed by atoms with Crippen LogP contribution in [0.15, 0.2) is 34.6 Å². The van der Waals surface area contributed by atoms with Crippen molar-refractivity contribution >= 4 is 5.97 Å². The largest absolute Gasteiger partial charge is 0.495 e. The minimum Gasteiger partial charge on any atom is -0.495 e. The van der Waals surface area contributed by atoms with Gasteiger partial charge in [0.15, 0.2) is 0 Å². The molecule has 0 amide bonds. The molecule has 148 valence electrons. The molecule has 0 aromatic rings. The van der Waals surface area contributed by atoms with Gasteiger partial charge in [-0.3, -0.25) is 0 Å². The van der Waals surface area contributed by atoms with Crippen LogP contribution in [-0.4, -0.2) is 17.2 Å². The molecule has 28 heavy (non-hydrogen) atoms. The molecule has 2 aliphatic heterocycles. The van der Waals surface area contributed by atoms with Crippen molar-refractivity contribution in [3.63, 3.8) is 0 Å². The SMILES string of the molecule is CC1=CCC2C3(C)C(=C(C)C4CC43)CC34C5=COC(C)(C)C3CC1C24OC5=O. The lowest BCUT2D eigenvalue weighted by atomic mass is 9.43. The molecule has 2 spiro atoms. The number of hydrogen-bond acceptors (Lipinski definition) is 3. The van der Waals surface area contributed by atoms with Crippen molar-refractivity contribution in [3.8, 4) is 0 Å². The molecule has 0 bridgehead atoms. The first-order valence-electron chi connectivity index (χ1n) is 11.2. The normalized spacial score (nSPS) is 56.0. The molecule has 7 rings (SSSR count). The topological polar surface area (TPSA) is 35.5 Å². The Morgan fingerprint density at radius 3 is 2.68 bits per heavy atom. The zero-order valence-corrected chi connectivity index (χ0v) is 17.6. The summed E-state index contributed by atoms with van der Waals surface area (Å²) >= 11 is 0. The van der Waals surface area contributed by atoms with Crippen molar-refractivity contribution in [2.24, 2.45) is 40.4 Å². The fraction of sp³-hybridized carbons (Fsp3) is 0.720. The third-order valence-electron chi connectivity index (χ3n) is 10.7. The summed E-state index contributed by atoms with van der Waals surface area (Å²) < 4.78 is 12.8. The Bertz CT molecular complexity index is 966. The minimum atomic E-state index is -0.365. The van der Waals surface area contributed by atoms with E-state index in [1.54, 1.807) is 17.4 Å². The lowest BCUT2D eigenvalue weighted by Gasteiger charge is -2.62. The lowest BCUT2D eigenvalue weighted by Crippen LogP contribution is -2.65. The molecule has 3 heteroatoms. The average molecular weight is 379 g/mol. The summed E-state index contributed by atoms with van der Waals surface area (Å²) in [6.45, 7) is 11.6. The summed E-state index contributed by atoms with van der Waals surface area (Å²) in [7, 11) is 0. The predicted molar refractivity (Wildman–Crippen MR) is 105 cm³/mol. The van der Waals surface area contributed by atoms with E-state index in [1.165, 1.54) is 12.0 Å². The molecule has 3 saturated carbocycles. The van der Waals surface area contributed by atoms with Crippen LogP contribution in [0.3, 0.4) is 0 Å². The first kappa shape index (κ1) is 16.3. The molecule has 0 N–H and O–H groups in total. The monoisotopic (exact) mass is 378 g/mol. The van der Waals surface area contributed by atoms with Gasteiger partial charge in [0.1, 0.15) is 11.2 Å². The maximum Gasteiger partial charge on any atom is 0.338 e. The van der Waals surface area contributed by atoms with Crippen LogP contribution < -0.4 is 0 Å². The molecule has 4 fully saturated rings. The Morgan fingerprint density at radius 1 is 1.11 bits per heavy atom. The van der Waals surface area contributed by atoms with Gasteiger partial charge in [0.25, 0.3) is 0 Å². The Labute approximate surface area is 167 Å². The second-order valence-electron chi connectivity index (χ2n) is 11.6. The Morgan fingerprint density at radius 2 is 1.89 bits per heavy atom. The molecule has 0 aromatic carbocycles. The van der Waals surface area contributed by atoms with Crippen molar-refractivity contribution < 1.29 is 14.3 Å². The number of hydrogen-bond donors (Lipinski definition) is 0. The van der Waals surface area contributed by atoms with Crippen molar-refractivity contribution in [1.82, 2.24) is 0 Å². The molecular weight excluding hydrogens is 348 g/mol. The average Bonchev–Trinajstić information content (AvgIpc) is 3.26. The molecule has 7 aliphatic rings. The Balaban J connectivity index is 1.59. The van der Waals surface area contributed by atoms with E-state index in [2.05, 4.69) is 40.7 Å². The molecule has 0 radical (unpaired) electrons. The smallest absolute Gasteiger partial charge is 0.338 e. The minimum absolute atomic E-state index is 0.0981. The number of esters is 1. The Hall–Kier alpha value is -1.51. The van der Waals surface area contributed by atoms with Crippen LogP contribution in [0.4, 0.5) is 0 Å². The molecule has 1 saturated heterocycles. The van der Waals surface area contributed by atoms with E-state index < -0.39 is 0 Å². The van der Waals surface area contributed by atoms with E-state index in [0.29, 0.717) is 17.8 Å². The van der Waals surface area contributed by atoms with Gasteiger partial charge < -0.3 is 9.47 Å². The maximum atomic E-state index is 13.3. The van der Waals surface area contributed by atoms with Crippen molar-refractivity contribution in [1.29, 1.82) is 0 Å². The highest BCUT2D eigenvalue weighted by atomic mass is 16.6. The van der Waals surface area contributed by atoms with Gasteiger partial charge in [-0.15, -0.1) is 0 Å². The van der Waals surface area contributed by atoms with E-state index >= 15 is 0 Å². The van der Waals surface area contributed by atoms with Gasteiger partial charge in [-0.05, 0) is 70.6 Å². The van der Waals surface area contributed by atoms with Crippen LogP contribution in [0.25, 0.3) is 0 Å². The first-order chi connectivity index (χ1) is 13.2. The van der Waals surface area contributed by atoms with Gasteiger partial charge in [0.05, 0.1) is 17.3 Å². The number of allylic oxidation sites excluding steroid dienone is 3. The summed E-state index contributed by atoms with van der Waals surface area (Å²) in [4.78, 5) is 13.3. The predicted octanol–water partition coefficient (Wildman–Crippen LogP) is 4.94. The van der Waals surface area contributed by atoms with Gasteiger partial charge in [0, 0.05) is 17.8 Å². The lowest BCUT2D eigenvalue weighted by molar-refractivity contribution is -0.192. The van der Waals surface area contributed by atoms with Crippen LogP contribution in [0.2, 0.25) is 0 Å². The van der Waals surface area contributed by atoms with Gasteiger partial charge in [-0.2, -0.15) is 0 Å². The standard InChI is InChI=1S/C25H30O3/c1-12-6-7-19-23(5)16-8-14(16)13(2)17(23)10-24-18-11-27-22(3,4)20(24)9-15(12)25(19,24)28-21(18)26/h6,11,14-16,19-20H,7-10H2,1-5H3. The van der Waals surface area contributed by atoms with E-state index in [9.17, 15) is 4.79 Å². The summed E-state index contributed by atoms with van der Waals surface area (Å²) in [5.41, 5.74) is 4.96. The van der Waals surface area contributed by atoms with Crippen LogP contribution in [0, 0.1) is 40.4 Å². The van der Waals surface area contributed by atoms with Gasteiger partial charge in [0.2, 0.25) is 0 Å². The zero-order chi connectivity index (χ0) is 19.4. The number of ether oxygens (including phenoxy) is 2. The molecule has 3 nitrogen and oxygen atoms in total. The summed E-state index contributed by atoms with van der Waals surface area (Å²) in [6, 6.07) is 0. The van der Waals surface area contributed by atoms with E-state index in [4.69, 9.17) is 9.47 Å². The highest BCUT2D eigenvalue weighted by Crippen LogP contribution is 2.84. The third kappa shape index (κ3) is 1.29. The third-order valence-corrected chi connectivity index (χ3v) is 10.7. The summed E-state index contributed by atoms with van der Waals surface area (Å²) in [6.07, 6.45) is 8.76.